The molecule has 1 aliphatic carbocycles. The van der Waals surface area contributed by atoms with E-state index in [1.54, 1.807) is 19.4 Å². The SMILES string of the molecule is COC(=O)C1=CCC(N2CC=C(c3cc4c(-c5cc(F)ccc5OC)ccnc4[nH]3)CC2)CC1. The summed E-state index contributed by atoms with van der Waals surface area (Å²) in [6.07, 6.45) is 9.58. The Morgan fingerprint density at radius 2 is 2.03 bits per heavy atom. The fourth-order valence-electron chi connectivity index (χ4n) is 5.06. The van der Waals surface area contributed by atoms with E-state index in [4.69, 9.17) is 9.47 Å². The number of carbonyl (C=O) groups excluding carboxylic acids is 1. The molecule has 0 saturated heterocycles. The second-order valence-electron chi connectivity index (χ2n) is 8.77. The van der Waals surface area contributed by atoms with Crippen LogP contribution in [0.4, 0.5) is 4.39 Å². The van der Waals surface area contributed by atoms with Crippen molar-refractivity contribution in [2.45, 2.75) is 31.7 Å². The molecule has 1 unspecified atom stereocenters. The van der Waals surface area contributed by atoms with Crippen molar-refractivity contribution in [1.82, 2.24) is 14.9 Å². The van der Waals surface area contributed by atoms with Gasteiger partial charge in [0.15, 0.2) is 0 Å². The Bertz CT molecular complexity index is 1290. The van der Waals surface area contributed by atoms with Gasteiger partial charge in [0.25, 0.3) is 0 Å². The Hall–Kier alpha value is -3.45. The Kier molecular flexibility index (Phi) is 6.20. The monoisotopic (exact) mass is 461 g/mol. The number of H-pyrrole nitrogens is 1. The van der Waals surface area contributed by atoms with Crippen molar-refractivity contribution in [2.24, 2.45) is 0 Å². The van der Waals surface area contributed by atoms with Gasteiger partial charge in [-0.25, -0.2) is 14.2 Å². The number of nitrogens with one attached hydrogen (secondary N) is 1. The van der Waals surface area contributed by atoms with Crippen molar-refractivity contribution in [3.63, 3.8) is 0 Å². The number of carbonyl (C=O) groups is 1. The first kappa shape index (κ1) is 22.3. The molecule has 2 aromatic heterocycles. The Morgan fingerprint density at radius 1 is 1.15 bits per heavy atom. The second-order valence-corrected chi connectivity index (χ2v) is 8.77. The van der Waals surface area contributed by atoms with Crippen LogP contribution in [0.25, 0.3) is 27.7 Å². The summed E-state index contributed by atoms with van der Waals surface area (Å²) in [5.41, 5.74) is 5.46. The van der Waals surface area contributed by atoms with E-state index in [-0.39, 0.29) is 11.8 Å². The van der Waals surface area contributed by atoms with Crippen LogP contribution in [0.1, 0.15) is 31.4 Å². The summed E-state index contributed by atoms with van der Waals surface area (Å²) in [4.78, 5) is 22.2. The fourth-order valence-corrected chi connectivity index (χ4v) is 5.06. The van der Waals surface area contributed by atoms with Gasteiger partial charge in [-0.05, 0) is 67.2 Å². The first-order chi connectivity index (χ1) is 16.6. The van der Waals surface area contributed by atoms with Crippen LogP contribution in [-0.4, -0.2) is 54.2 Å². The van der Waals surface area contributed by atoms with E-state index in [1.807, 2.05) is 12.1 Å². The van der Waals surface area contributed by atoms with Crippen LogP contribution >= 0.6 is 0 Å². The fraction of sp³-hybridized carbons (Fsp3) is 0.333. The van der Waals surface area contributed by atoms with Crippen molar-refractivity contribution < 1.29 is 18.7 Å². The van der Waals surface area contributed by atoms with Crippen LogP contribution in [0.3, 0.4) is 0 Å². The molecule has 6 nitrogen and oxygen atoms in total. The predicted octanol–water partition coefficient (Wildman–Crippen LogP) is 5.12. The third kappa shape index (κ3) is 4.23. The van der Waals surface area contributed by atoms with E-state index >= 15 is 0 Å². The lowest BCUT2D eigenvalue weighted by Gasteiger charge is -2.35. The zero-order valence-corrected chi connectivity index (χ0v) is 19.4. The molecule has 3 heterocycles. The Balaban J connectivity index is 1.37. The maximum absolute atomic E-state index is 14.0. The minimum absolute atomic E-state index is 0.207. The number of rotatable bonds is 5. The maximum Gasteiger partial charge on any atom is 0.333 e. The molecule has 0 amide bonds. The molecule has 0 spiro atoms. The standard InChI is InChI=1S/C27H28FN3O3/c1-33-25-8-5-19(28)15-22(25)21-9-12-29-26-23(21)16-24(30-26)17-10-13-31(14-11-17)20-6-3-18(4-7-20)27(32)34-2/h3,5,8-10,12,15-16,20H,4,6-7,11,13-14H2,1-2H3,(H,29,30). The number of ether oxygens (including phenoxy) is 2. The summed E-state index contributed by atoms with van der Waals surface area (Å²) >= 11 is 0. The number of aromatic nitrogens is 2. The number of fused-ring (bicyclic) bond motifs is 1. The van der Waals surface area contributed by atoms with Crippen LogP contribution < -0.4 is 4.74 Å². The molecular formula is C27H28FN3O3. The average molecular weight is 462 g/mol. The number of nitrogens with zero attached hydrogens (tertiary/aromatic N) is 2. The van der Waals surface area contributed by atoms with E-state index in [0.717, 1.165) is 66.6 Å². The average Bonchev–Trinajstić information content (AvgIpc) is 3.33. The summed E-state index contributed by atoms with van der Waals surface area (Å²) < 4.78 is 24.3. The van der Waals surface area contributed by atoms with Gasteiger partial charge in [0.2, 0.25) is 0 Å². The van der Waals surface area contributed by atoms with E-state index in [9.17, 15) is 9.18 Å². The van der Waals surface area contributed by atoms with Crippen molar-refractivity contribution in [1.29, 1.82) is 0 Å². The molecule has 0 fully saturated rings. The summed E-state index contributed by atoms with van der Waals surface area (Å²) in [5.74, 6) is 0.117. The molecule has 176 valence electrons. The van der Waals surface area contributed by atoms with Gasteiger partial charge in [0, 0.05) is 47.5 Å². The number of halogens is 1. The van der Waals surface area contributed by atoms with E-state index in [1.165, 1.54) is 24.8 Å². The highest BCUT2D eigenvalue weighted by Gasteiger charge is 2.26. The number of hydrogen-bond donors (Lipinski definition) is 1. The van der Waals surface area contributed by atoms with Gasteiger partial charge in [0.05, 0.1) is 14.2 Å². The topological polar surface area (TPSA) is 67.4 Å². The van der Waals surface area contributed by atoms with Crippen LogP contribution in [0, 0.1) is 5.82 Å². The number of hydrogen-bond acceptors (Lipinski definition) is 5. The smallest absolute Gasteiger partial charge is 0.333 e. The van der Waals surface area contributed by atoms with E-state index in [2.05, 4.69) is 27.0 Å². The minimum Gasteiger partial charge on any atom is -0.496 e. The summed E-state index contributed by atoms with van der Waals surface area (Å²) in [7, 11) is 3.03. The van der Waals surface area contributed by atoms with Gasteiger partial charge in [-0.3, -0.25) is 4.90 Å². The number of benzene rings is 1. The Labute approximate surface area is 198 Å². The first-order valence-corrected chi connectivity index (χ1v) is 11.6. The lowest BCUT2D eigenvalue weighted by molar-refractivity contribution is -0.136. The van der Waals surface area contributed by atoms with Gasteiger partial charge < -0.3 is 14.5 Å². The molecule has 1 N–H and O–H groups in total. The van der Waals surface area contributed by atoms with Crippen LogP contribution in [0.2, 0.25) is 0 Å². The number of aromatic amines is 1. The number of methoxy groups -OCH3 is 2. The Morgan fingerprint density at radius 3 is 2.74 bits per heavy atom. The van der Waals surface area contributed by atoms with Crippen LogP contribution in [0.5, 0.6) is 5.75 Å². The highest BCUT2D eigenvalue weighted by atomic mass is 19.1. The van der Waals surface area contributed by atoms with Crippen LogP contribution in [0.15, 0.2) is 54.3 Å². The van der Waals surface area contributed by atoms with Crippen molar-refractivity contribution in [3.05, 3.63) is 65.8 Å². The molecule has 0 saturated carbocycles. The first-order valence-electron chi connectivity index (χ1n) is 11.6. The predicted molar refractivity (Wildman–Crippen MR) is 130 cm³/mol. The molecule has 1 aromatic carbocycles. The van der Waals surface area contributed by atoms with E-state index in [0.29, 0.717) is 17.4 Å². The maximum atomic E-state index is 14.0. The highest BCUT2D eigenvalue weighted by molar-refractivity contribution is 5.96. The third-order valence-corrected chi connectivity index (χ3v) is 6.92. The second kappa shape index (κ2) is 9.43. The molecule has 2 aliphatic rings. The zero-order chi connectivity index (χ0) is 23.7. The molecule has 3 aromatic rings. The van der Waals surface area contributed by atoms with Crippen molar-refractivity contribution >= 4 is 22.6 Å². The molecular weight excluding hydrogens is 433 g/mol. The lowest BCUT2D eigenvalue weighted by atomic mass is 9.92. The van der Waals surface area contributed by atoms with E-state index < -0.39 is 0 Å². The summed E-state index contributed by atoms with van der Waals surface area (Å²) in [6.45, 7) is 1.83. The molecule has 5 rings (SSSR count). The summed E-state index contributed by atoms with van der Waals surface area (Å²) in [5, 5.41) is 0.942. The number of pyridine rings is 1. The van der Waals surface area contributed by atoms with Crippen molar-refractivity contribution in [2.75, 3.05) is 27.3 Å². The van der Waals surface area contributed by atoms with Gasteiger partial charge in [-0.2, -0.15) is 0 Å². The van der Waals surface area contributed by atoms with Gasteiger partial charge >= 0.3 is 5.97 Å². The highest BCUT2D eigenvalue weighted by Crippen LogP contribution is 2.37. The van der Waals surface area contributed by atoms with Crippen LogP contribution in [-0.2, 0) is 9.53 Å². The third-order valence-electron chi connectivity index (χ3n) is 6.92. The lowest BCUT2D eigenvalue weighted by Crippen LogP contribution is -2.39. The minimum atomic E-state index is -0.303. The normalized spacial score (nSPS) is 19.0. The molecule has 1 atom stereocenters. The molecule has 1 aliphatic heterocycles. The zero-order valence-electron chi connectivity index (χ0n) is 19.4. The quantitative estimate of drug-likeness (QED) is 0.535. The largest absolute Gasteiger partial charge is 0.496 e. The van der Waals surface area contributed by atoms with Gasteiger partial charge in [-0.15, -0.1) is 0 Å². The van der Waals surface area contributed by atoms with Gasteiger partial charge in [-0.1, -0.05) is 12.2 Å². The molecule has 0 bridgehead atoms. The molecule has 34 heavy (non-hydrogen) atoms. The number of esters is 1. The summed E-state index contributed by atoms with van der Waals surface area (Å²) in [6, 6.07) is 9.01. The van der Waals surface area contributed by atoms with Gasteiger partial charge in [0.1, 0.15) is 17.2 Å². The molecule has 7 heteroatoms. The molecule has 0 radical (unpaired) electrons. The van der Waals surface area contributed by atoms with Crippen molar-refractivity contribution in [3.8, 4) is 16.9 Å².